The summed E-state index contributed by atoms with van der Waals surface area (Å²) in [4.78, 5) is 7.80. The van der Waals surface area contributed by atoms with E-state index in [0.717, 1.165) is 13.1 Å². The molecule has 0 aromatic carbocycles. The zero-order valence-corrected chi connectivity index (χ0v) is 10.8. The van der Waals surface area contributed by atoms with Crippen LogP contribution in [0.2, 0.25) is 0 Å². The Morgan fingerprint density at radius 3 is 2.88 bits per heavy atom. The van der Waals surface area contributed by atoms with E-state index in [1.165, 1.54) is 9.88 Å². The molecule has 0 aliphatic rings. The number of hydrogen-bond acceptors (Lipinski definition) is 4. The van der Waals surface area contributed by atoms with Crippen molar-refractivity contribution < 1.29 is 5.11 Å². The molecule has 16 heavy (non-hydrogen) atoms. The van der Waals surface area contributed by atoms with Gasteiger partial charge in [0.25, 0.3) is 0 Å². The monoisotopic (exact) mass is 240 g/mol. The first-order valence-electron chi connectivity index (χ1n) is 5.56. The molecule has 1 aromatic heterocycles. The van der Waals surface area contributed by atoms with Crippen molar-refractivity contribution in [1.29, 1.82) is 0 Å². The van der Waals surface area contributed by atoms with Crippen LogP contribution in [0.15, 0.2) is 18.9 Å². The quantitative estimate of drug-likeness (QED) is 0.743. The molecule has 0 saturated heterocycles. The van der Waals surface area contributed by atoms with Gasteiger partial charge in [0, 0.05) is 36.6 Å². The van der Waals surface area contributed by atoms with Crippen LogP contribution in [0.3, 0.4) is 0 Å². The lowest BCUT2D eigenvalue weighted by Gasteiger charge is -2.17. The Kier molecular flexibility index (Phi) is 5.66. The number of rotatable bonds is 7. The van der Waals surface area contributed by atoms with Crippen molar-refractivity contribution in [3.05, 3.63) is 28.7 Å². The summed E-state index contributed by atoms with van der Waals surface area (Å²) in [5.41, 5.74) is 0. The number of hydrogen-bond donors (Lipinski definition) is 1. The highest BCUT2D eigenvalue weighted by atomic mass is 32.1. The molecule has 1 N–H and O–H groups in total. The molecule has 0 spiro atoms. The van der Waals surface area contributed by atoms with Crippen LogP contribution in [0.5, 0.6) is 0 Å². The molecule has 0 unspecified atom stereocenters. The highest BCUT2D eigenvalue weighted by molar-refractivity contribution is 7.11. The van der Waals surface area contributed by atoms with Crippen molar-refractivity contribution in [2.24, 2.45) is 0 Å². The molecule has 1 aromatic rings. The van der Waals surface area contributed by atoms with Crippen LogP contribution >= 0.6 is 11.3 Å². The SMILES string of the molecule is C=CCN(CCO)Cc1cnc(C(C)C)s1. The molecule has 1 rings (SSSR count). The molecule has 0 saturated carbocycles. The molecule has 0 fully saturated rings. The summed E-state index contributed by atoms with van der Waals surface area (Å²) in [7, 11) is 0. The zero-order chi connectivity index (χ0) is 12.0. The van der Waals surface area contributed by atoms with Gasteiger partial charge in [0.2, 0.25) is 0 Å². The van der Waals surface area contributed by atoms with E-state index in [9.17, 15) is 0 Å². The van der Waals surface area contributed by atoms with Crippen LogP contribution in [-0.4, -0.2) is 34.7 Å². The Bertz CT molecular complexity index is 323. The van der Waals surface area contributed by atoms with E-state index < -0.39 is 0 Å². The Morgan fingerprint density at radius 1 is 1.62 bits per heavy atom. The fraction of sp³-hybridized carbons (Fsp3) is 0.583. The maximum absolute atomic E-state index is 8.95. The van der Waals surface area contributed by atoms with Crippen molar-refractivity contribution in [2.75, 3.05) is 19.7 Å². The minimum atomic E-state index is 0.184. The summed E-state index contributed by atoms with van der Waals surface area (Å²) in [5, 5.41) is 10.1. The second-order valence-electron chi connectivity index (χ2n) is 4.07. The number of aliphatic hydroxyl groups excluding tert-OH is 1. The Morgan fingerprint density at radius 2 is 2.38 bits per heavy atom. The van der Waals surface area contributed by atoms with Crippen molar-refractivity contribution in [1.82, 2.24) is 9.88 Å². The molecule has 0 aliphatic heterocycles. The van der Waals surface area contributed by atoms with E-state index in [4.69, 9.17) is 5.11 Å². The number of nitrogens with zero attached hydrogens (tertiary/aromatic N) is 2. The summed E-state index contributed by atoms with van der Waals surface area (Å²) in [5.74, 6) is 0.490. The van der Waals surface area contributed by atoms with E-state index in [2.05, 4.69) is 30.3 Å². The first-order valence-corrected chi connectivity index (χ1v) is 6.37. The van der Waals surface area contributed by atoms with Gasteiger partial charge in [-0.3, -0.25) is 4.90 Å². The van der Waals surface area contributed by atoms with Gasteiger partial charge in [-0.05, 0) is 0 Å². The van der Waals surface area contributed by atoms with Gasteiger partial charge in [0.15, 0.2) is 0 Å². The van der Waals surface area contributed by atoms with Crippen molar-refractivity contribution in [3.8, 4) is 0 Å². The molecule has 0 radical (unpaired) electrons. The van der Waals surface area contributed by atoms with Crippen LogP contribution in [0, 0.1) is 0 Å². The molecular weight excluding hydrogens is 220 g/mol. The van der Waals surface area contributed by atoms with Crippen molar-refractivity contribution in [3.63, 3.8) is 0 Å². The van der Waals surface area contributed by atoms with Crippen LogP contribution in [0.1, 0.15) is 29.7 Å². The lowest BCUT2D eigenvalue weighted by atomic mass is 10.2. The van der Waals surface area contributed by atoms with Crippen LogP contribution in [0.4, 0.5) is 0 Å². The predicted molar refractivity (Wildman–Crippen MR) is 68.8 cm³/mol. The molecule has 1 heterocycles. The topological polar surface area (TPSA) is 36.4 Å². The second-order valence-corrected chi connectivity index (χ2v) is 5.21. The van der Waals surface area contributed by atoms with Gasteiger partial charge in [0.1, 0.15) is 0 Å². The van der Waals surface area contributed by atoms with E-state index in [1.807, 2.05) is 12.3 Å². The van der Waals surface area contributed by atoms with E-state index in [-0.39, 0.29) is 6.61 Å². The molecule has 90 valence electrons. The van der Waals surface area contributed by atoms with Gasteiger partial charge in [-0.1, -0.05) is 19.9 Å². The lowest BCUT2D eigenvalue weighted by molar-refractivity contribution is 0.204. The van der Waals surface area contributed by atoms with Gasteiger partial charge < -0.3 is 5.11 Å². The molecule has 0 bridgehead atoms. The maximum atomic E-state index is 8.95. The molecule has 0 aliphatic carbocycles. The summed E-state index contributed by atoms with van der Waals surface area (Å²) in [6, 6.07) is 0. The normalized spacial score (nSPS) is 11.3. The molecule has 3 nitrogen and oxygen atoms in total. The van der Waals surface area contributed by atoms with E-state index in [0.29, 0.717) is 12.5 Å². The third kappa shape index (κ3) is 4.04. The van der Waals surface area contributed by atoms with E-state index >= 15 is 0 Å². The third-order valence-corrected chi connectivity index (χ3v) is 3.53. The maximum Gasteiger partial charge on any atom is 0.0953 e. The molecule has 0 atom stereocenters. The summed E-state index contributed by atoms with van der Waals surface area (Å²) < 4.78 is 0. The van der Waals surface area contributed by atoms with Gasteiger partial charge in [0.05, 0.1) is 11.6 Å². The first-order chi connectivity index (χ1) is 7.67. The van der Waals surface area contributed by atoms with Crippen LogP contribution in [-0.2, 0) is 6.54 Å². The zero-order valence-electron chi connectivity index (χ0n) is 10.0. The average Bonchev–Trinajstić information content (AvgIpc) is 2.67. The number of thiazole rings is 1. The molecule has 0 amide bonds. The van der Waals surface area contributed by atoms with Gasteiger partial charge in [-0.15, -0.1) is 17.9 Å². The van der Waals surface area contributed by atoms with Crippen molar-refractivity contribution >= 4 is 11.3 Å². The van der Waals surface area contributed by atoms with Gasteiger partial charge >= 0.3 is 0 Å². The highest BCUT2D eigenvalue weighted by Gasteiger charge is 2.09. The Balaban J connectivity index is 2.58. The van der Waals surface area contributed by atoms with Gasteiger partial charge in [-0.2, -0.15) is 0 Å². The summed E-state index contributed by atoms with van der Waals surface area (Å²) >= 11 is 1.75. The number of aliphatic hydroxyl groups is 1. The predicted octanol–water partition coefficient (Wildman–Crippen LogP) is 2.25. The summed E-state index contributed by atoms with van der Waals surface area (Å²) in [6.07, 6.45) is 3.80. The van der Waals surface area contributed by atoms with Gasteiger partial charge in [-0.25, -0.2) is 4.98 Å². The van der Waals surface area contributed by atoms with Crippen LogP contribution in [0.25, 0.3) is 0 Å². The minimum Gasteiger partial charge on any atom is -0.395 e. The van der Waals surface area contributed by atoms with Crippen LogP contribution < -0.4 is 0 Å². The first kappa shape index (κ1) is 13.4. The van der Waals surface area contributed by atoms with E-state index in [1.54, 1.807) is 11.3 Å². The summed E-state index contributed by atoms with van der Waals surface area (Å²) in [6.45, 7) is 10.5. The second kappa shape index (κ2) is 6.78. The minimum absolute atomic E-state index is 0.184. The highest BCUT2D eigenvalue weighted by Crippen LogP contribution is 2.22. The lowest BCUT2D eigenvalue weighted by Crippen LogP contribution is -2.26. The fourth-order valence-electron chi connectivity index (χ4n) is 1.44. The average molecular weight is 240 g/mol. The Labute approximate surface area is 101 Å². The molecular formula is C12H20N2OS. The largest absolute Gasteiger partial charge is 0.395 e. The number of aromatic nitrogens is 1. The smallest absolute Gasteiger partial charge is 0.0953 e. The van der Waals surface area contributed by atoms with Crippen molar-refractivity contribution in [2.45, 2.75) is 26.3 Å². The molecule has 4 heteroatoms. The third-order valence-electron chi connectivity index (χ3n) is 2.25. The fourth-order valence-corrected chi connectivity index (χ4v) is 2.40. The standard InChI is InChI=1S/C12H20N2OS/c1-4-5-14(6-7-15)9-11-8-13-12(16-11)10(2)3/h4,8,10,15H,1,5-7,9H2,2-3H3. The Hall–Kier alpha value is -0.710.